The van der Waals surface area contributed by atoms with E-state index < -0.39 is 5.97 Å². The van der Waals surface area contributed by atoms with Crippen molar-refractivity contribution in [3.8, 4) is 11.5 Å². The maximum atomic E-state index is 11.1. The zero-order valence-corrected chi connectivity index (χ0v) is 16.1. The van der Waals surface area contributed by atoms with Crippen LogP contribution in [0.3, 0.4) is 0 Å². The lowest BCUT2D eigenvalue weighted by Crippen LogP contribution is -2.06. The quantitative estimate of drug-likeness (QED) is 0.404. The van der Waals surface area contributed by atoms with E-state index in [0.29, 0.717) is 19.8 Å². The molecule has 1 heterocycles. The van der Waals surface area contributed by atoms with Crippen LogP contribution in [-0.2, 0) is 11.3 Å². The van der Waals surface area contributed by atoms with E-state index in [1.54, 1.807) is 0 Å². The predicted molar refractivity (Wildman–Crippen MR) is 114 cm³/mol. The number of aryl methyl sites for hydroxylation is 1. The molecule has 5 nitrogen and oxygen atoms in total. The van der Waals surface area contributed by atoms with Gasteiger partial charge in [0.1, 0.15) is 11.5 Å². The lowest BCUT2D eigenvalue weighted by Gasteiger charge is -2.09. The molecule has 0 spiro atoms. The molecule has 0 atom stereocenters. The molecular weight excluding hydrogens is 366 g/mol. The molecule has 148 valence electrons. The minimum atomic E-state index is -0.804. The van der Waals surface area contributed by atoms with Crippen LogP contribution in [-0.4, -0.2) is 28.9 Å². The average Bonchev–Trinajstić information content (AvgIpc) is 3.06. The second-order valence-corrected chi connectivity index (χ2v) is 6.86. The Morgan fingerprint density at radius 1 is 0.793 bits per heavy atom. The van der Waals surface area contributed by atoms with Crippen LogP contribution in [0.5, 0.6) is 11.5 Å². The van der Waals surface area contributed by atoms with Crippen molar-refractivity contribution in [1.82, 2.24) is 4.57 Å². The van der Waals surface area contributed by atoms with E-state index in [2.05, 4.69) is 10.6 Å². The van der Waals surface area contributed by atoms with Gasteiger partial charge in [-0.05, 0) is 30.3 Å². The molecule has 0 aliphatic heterocycles. The number of aromatic nitrogens is 1. The number of rotatable bonds is 9. The van der Waals surface area contributed by atoms with Gasteiger partial charge in [0, 0.05) is 35.3 Å². The number of fused-ring (bicyclic) bond motifs is 3. The fraction of sp³-hybridized carbons (Fsp3) is 0.208. The monoisotopic (exact) mass is 389 g/mol. The minimum Gasteiger partial charge on any atom is -0.493 e. The van der Waals surface area contributed by atoms with Gasteiger partial charge in [0.05, 0.1) is 25.2 Å². The molecule has 1 N–H and O–H groups in total. The summed E-state index contributed by atoms with van der Waals surface area (Å²) >= 11 is 0. The first kappa shape index (κ1) is 18.9. The third-order valence-corrected chi connectivity index (χ3v) is 4.86. The van der Waals surface area contributed by atoms with Crippen molar-refractivity contribution >= 4 is 27.8 Å². The van der Waals surface area contributed by atoms with Crippen LogP contribution < -0.4 is 9.47 Å². The molecule has 0 unspecified atom stereocenters. The summed E-state index contributed by atoms with van der Waals surface area (Å²) in [6, 6.07) is 23.8. The molecule has 4 aromatic rings. The first-order valence-corrected chi connectivity index (χ1v) is 9.76. The summed E-state index contributed by atoms with van der Waals surface area (Å²) in [4.78, 5) is 11.1. The normalized spacial score (nSPS) is 11.0. The van der Waals surface area contributed by atoms with Crippen LogP contribution in [0.1, 0.15) is 12.8 Å². The third kappa shape index (κ3) is 4.35. The number of hydrogen-bond acceptors (Lipinski definition) is 3. The van der Waals surface area contributed by atoms with E-state index in [1.165, 1.54) is 0 Å². The maximum absolute atomic E-state index is 11.1. The second-order valence-electron chi connectivity index (χ2n) is 6.86. The number of nitrogens with zero attached hydrogens (tertiary/aromatic N) is 1. The predicted octanol–water partition coefficient (Wildman–Crippen LogP) is 5.12. The van der Waals surface area contributed by atoms with Crippen LogP contribution in [0.15, 0.2) is 72.8 Å². The SMILES string of the molecule is O=C(O)CCn1c2ccccc2c2ccc(OCCCOc3ccccc3)cc21. The number of benzene rings is 3. The molecule has 4 rings (SSSR count). The summed E-state index contributed by atoms with van der Waals surface area (Å²) < 4.78 is 13.7. The fourth-order valence-electron chi connectivity index (χ4n) is 3.52. The van der Waals surface area contributed by atoms with Crippen LogP contribution in [0, 0.1) is 0 Å². The van der Waals surface area contributed by atoms with Gasteiger partial charge in [-0.3, -0.25) is 4.79 Å². The summed E-state index contributed by atoms with van der Waals surface area (Å²) in [6.07, 6.45) is 0.852. The second kappa shape index (κ2) is 8.69. The highest BCUT2D eigenvalue weighted by Crippen LogP contribution is 2.31. The maximum Gasteiger partial charge on any atom is 0.305 e. The Balaban J connectivity index is 1.47. The van der Waals surface area contributed by atoms with Crippen molar-refractivity contribution < 1.29 is 19.4 Å². The Hall–Kier alpha value is -3.47. The van der Waals surface area contributed by atoms with E-state index in [0.717, 1.165) is 39.7 Å². The van der Waals surface area contributed by atoms with Gasteiger partial charge in [-0.1, -0.05) is 36.4 Å². The molecule has 0 aliphatic rings. The Morgan fingerprint density at radius 2 is 1.48 bits per heavy atom. The molecule has 0 fully saturated rings. The number of ether oxygens (including phenoxy) is 2. The zero-order chi connectivity index (χ0) is 20.1. The topological polar surface area (TPSA) is 60.7 Å². The fourth-order valence-corrected chi connectivity index (χ4v) is 3.52. The van der Waals surface area contributed by atoms with E-state index in [9.17, 15) is 4.79 Å². The molecular formula is C24H23NO4. The Labute approximate surface area is 169 Å². The Bertz CT molecular complexity index is 1120. The van der Waals surface area contributed by atoms with Crippen LogP contribution in [0.2, 0.25) is 0 Å². The van der Waals surface area contributed by atoms with Gasteiger partial charge < -0.3 is 19.1 Å². The number of carboxylic acids is 1. The van der Waals surface area contributed by atoms with Gasteiger partial charge in [0.2, 0.25) is 0 Å². The van der Waals surface area contributed by atoms with E-state index in [4.69, 9.17) is 14.6 Å². The number of carboxylic acid groups (broad SMARTS) is 1. The molecule has 0 bridgehead atoms. The first-order valence-electron chi connectivity index (χ1n) is 9.76. The number of para-hydroxylation sites is 2. The van der Waals surface area contributed by atoms with Crippen molar-refractivity contribution in [3.63, 3.8) is 0 Å². The third-order valence-electron chi connectivity index (χ3n) is 4.86. The number of carbonyl (C=O) groups is 1. The smallest absolute Gasteiger partial charge is 0.305 e. The van der Waals surface area contributed by atoms with Crippen molar-refractivity contribution in [3.05, 3.63) is 72.8 Å². The highest BCUT2D eigenvalue weighted by molar-refractivity contribution is 6.08. The lowest BCUT2D eigenvalue weighted by molar-refractivity contribution is -0.137. The highest BCUT2D eigenvalue weighted by atomic mass is 16.5. The van der Waals surface area contributed by atoms with Gasteiger partial charge in [-0.15, -0.1) is 0 Å². The number of aliphatic carboxylic acids is 1. The Morgan fingerprint density at radius 3 is 2.28 bits per heavy atom. The molecule has 5 heteroatoms. The molecule has 3 aromatic carbocycles. The lowest BCUT2D eigenvalue weighted by atomic mass is 10.1. The van der Waals surface area contributed by atoms with Gasteiger partial charge >= 0.3 is 5.97 Å². The Kier molecular flexibility index (Phi) is 5.66. The summed E-state index contributed by atoms with van der Waals surface area (Å²) in [6.45, 7) is 1.56. The molecule has 0 saturated carbocycles. The van der Waals surface area contributed by atoms with Crippen LogP contribution >= 0.6 is 0 Å². The zero-order valence-electron chi connectivity index (χ0n) is 16.1. The highest BCUT2D eigenvalue weighted by Gasteiger charge is 2.12. The molecule has 0 radical (unpaired) electrons. The van der Waals surface area contributed by atoms with Crippen LogP contribution in [0.25, 0.3) is 21.8 Å². The van der Waals surface area contributed by atoms with E-state index in [1.807, 2.05) is 66.7 Å². The standard InChI is InChI=1S/C24H23NO4/c26-24(27)13-14-25-22-10-5-4-9-20(22)21-12-11-19(17-23(21)25)29-16-6-15-28-18-7-2-1-3-8-18/h1-5,7-12,17H,6,13-16H2,(H,26,27). The van der Waals surface area contributed by atoms with Gasteiger partial charge in [0.15, 0.2) is 0 Å². The first-order chi connectivity index (χ1) is 14.2. The molecule has 1 aromatic heterocycles. The van der Waals surface area contributed by atoms with Crippen molar-refractivity contribution in [2.24, 2.45) is 0 Å². The average molecular weight is 389 g/mol. The van der Waals surface area contributed by atoms with Gasteiger partial charge in [-0.2, -0.15) is 0 Å². The van der Waals surface area contributed by atoms with E-state index in [-0.39, 0.29) is 6.42 Å². The molecule has 0 aliphatic carbocycles. The summed E-state index contributed by atoms with van der Waals surface area (Å²) in [7, 11) is 0. The largest absolute Gasteiger partial charge is 0.493 e. The summed E-state index contributed by atoms with van der Waals surface area (Å²) in [5, 5.41) is 11.3. The van der Waals surface area contributed by atoms with Crippen molar-refractivity contribution in [2.45, 2.75) is 19.4 Å². The molecule has 0 saturated heterocycles. The van der Waals surface area contributed by atoms with Crippen molar-refractivity contribution in [1.29, 1.82) is 0 Å². The van der Waals surface area contributed by atoms with E-state index >= 15 is 0 Å². The van der Waals surface area contributed by atoms with Gasteiger partial charge in [0.25, 0.3) is 0 Å². The minimum absolute atomic E-state index is 0.0791. The number of hydrogen-bond donors (Lipinski definition) is 1. The van der Waals surface area contributed by atoms with Crippen LogP contribution in [0.4, 0.5) is 0 Å². The summed E-state index contributed by atoms with van der Waals surface area (Å²) in [5.74, 6) is 0.829. The molecule has 0 amide bonds. The molecule has 29 heavy (non-hydrogen) atoms. The van der Waals surface area contributed by atoms with Gasteiger partial charge in [-0.25, -0.2) is 0 Å². The summed E-state index contributed by atoms with van der Waals surface area (Å²) in [5.41, 5.74) is 2.03. The van der Waals surface area contributed by atoms with Crippen molar-refractivity contribution in [2.75, 3.05) is 13.2 Å².